The summed E-state index contributed by atoms with van der Waals surface area (Å²) in [6, 6.07) is 4.28. The molecule has 1 saturated heterocycles. The molecule has 3 heteroatoms. The Labute approximate surface area is 129 Å². The van der Waals surface area contributed by atoms with Gasteiger partial charge in [-0.2, -0.15) is 0 Å². The Bertz CT molecular complexity index is 424. The van der Waals surface area contributed by atoms with Crippen molar-refractivity contribution in [2.75, 3.05) is 19.6 Å². The monoisotopic (exact) mass is 290 g/mol. The van der Waals surface area contributed by atoms with Crippen molar-refractivity contribution in [3.05, 3.63) is 23.7 Å². The highest BCUT2D eigenvalue weighted by atomic mass is 16.3. The molecule has 0 unspecified atom stereocenters. The SMILES string of the molecule is CCCNCc1ccc(CN2CCC3(CCCC3)CC2)o1. The number of rotatable bonds is 6. The van der Waals surface area contributed by atoms with Crippen LogP contribution < -0.4 is 5.32 Å². The minimum atomic E-state index is 0.717. The quantitative estimate of drug-likeness (QED) is 0.805. The van der Waals surface area contributed by atoms with Crippen molar-refractivity contribution in [1.29, 1.82) is 0 Å². The van der Waals surface area contributed by atoms with Crippen molar-refractivity contribution in [1.82, 2.24) is 10.2 Å². The van der Waals surface area contributed by atoms with E-state index in [1.165, 1.54) is 58.0 Å². The number of nitrogens with one attached hydrogen (secondary N) is 1. The van der Waals surface area contributed by atoms with E-state index in [4.69, 9.17) is 4.42 Å². The highest BCUT2D eigenvalue weighted by Crippen LogP contribution is 2.46. The second-order valence-corrected chi connectivity index (χ2v) is 7.03. The summed E-state index contributed by atoms with van der Waals surface area (Å²) in [6.07, 6.45) is 9.86. The standard InChI is InChI=1S/C18H30N2O/c1-2-11-19-14-16-5-6-17(21-16)15-20-12-9-18(10-13-20)7-3-4-8-18/h5-6,19H,2-4,7-15H2,1H3. The zero-order chi connectivity index (χ0) is 14.5. The van der Waals surface area contributed by atoms with Crippen molar-refractivity contribution >= 4 is 0 Å². The van der Waals surface area contributed by atoms with Gasteiger partial charge in [-0.05, 0) is 69.3 Å². The Kier molecular flexibility index (Phi) is 5.02. The summed E-state index contributed by atoms with van der Waals surface area (Å²) >= 11 is 0. The molecular formula is C18H30N2O. The van der Waals surface area contributed by atoms with E-state index in [2.05, 4.69) is 29.3 Å². The third-order valence-electron chi connectivity index (χ3n) is 5.40. The third-order valence-corrected chi connectivity index (χ3v) is 5.40. The first-order valence-corrected chi connectivity index (χ1v) is 8.80. The van der Waals surface area contributed by atoms with Crippen LogP contribution in [0.1, 0.15) is 63.4 Å². The van der Waals surface area contributed by atoms with E-state index in [1.54, 1.807) is 0 Å². The molecule has 1 spiro atoms. The average Bonchev–Trinajstić information content (AvgIpc) is 3.12. The molecule has 2 fully saturated rings. The largest absolute Gasteiger partial charge is 0.463 e. The molecule has 0 radical (unpaired) electrons. The highest BCUT2D eigenvalue weighted by molar-refractivity contribution is 5.07. The molecule has 2 aliphatic rings. The van der Waals surface area contributed by atoms with Gasteiger partial charge in [0, 0.05) is 0 Å². The van der Waals surface area contributed by atoms with Gasteiger partial charge in [-0.3, -0.25) is 4.90 Å². The molecule has 21 heavy (non-hydrogen) atoms. The van der Waals surface area contributed by atoms with Crippen LogP contribution in [0.25, 0.3) is 0 Å². The van der Waals surface area contributed by atoms with Crippen molar-refractivity contribution in [3.8, 4) is 0 Å². The fraction of sp³-hybridized carbons (Fsp3) is 0.778. The van der Waals surface area contributed by atoms with Crippen LogP contribution in [0.4, 0.5) is 0 Å². The molecule has 0 aromatic carbocycles. The second kappa shape index (κ2) is 6.97. The molecule has 0 bridgehead atoms. The Morgan fingerprint density at radius 3 is 2.52 bits per heavy atom. The fourth-order valence-electron chi connectivity index (χ4n) is 4.02. The summed E-state index contributed by atoms with van der Waals surface area (Å²) in [4.78, 5) is 2.58. The van der Waals surface area contributed by atoms with Gasteiger partial charge in [-0.25, -0.2) is 0 Å². The number of likely N-dealkylation sites (tertiary alicyclic amines) is 1. The Balaban J connectivity index is 1.44. The topological polar surface area (TPSA) is 28.4 Å². The molecule has 1 aliphatic carbocycles. The number of furan rings is 1. The van der Waals surface area contributed by atoms with Crippen LogP contribution >= 0.6 is 0 Å². The molecule has 1 N–H and O–H groups in total. The van der Waals surface area contributed by atoms with Crippen molar-refractivity contribution < 1.29 is 4.42 Å². The first kappa shape index (κ1) is 15.1. The smallest absolute Gasteiger partial charge is 0.118 e. The number of hydrogen-bond acceptors (Lipinski definition) is 3. The first-order chi connectivity index (χ1) is 10.3. The second-order valence-electron chi connectivity index (χ2n) is 7.03. The minimum absolute atomic E-state index is 0.717. The van der Waals surface area contributed by atoms with Crippen molar-refractivity contribution in [2.45, 2.75) is 65.0 Å². The lowest BCUT2D eigenvalue weighted by molar-refractivity contribution is 0.0978. The van der Waals surface area contributed by atoms with Gasteiger partial charge >= 0.3 is 0 Å². The molecule has 3 nitrogen and oxygen atoms in total. The van der Waals surface area contributed by atoms with E-state index < -0.39 is 0 Å². The summed E-state index contributed by atoms with van der Waals surface area (Å²) in [5, 5.41) is 3.39. The third kappa shape index (κ3) is 3.89. The number of piperidine rings is 1. The van der Waals surface area contributed by atoms with Crippen LogP contribution in [0.3, 0.4) is 0 Å². The summed E-state index contributed by atoms with van der Waals surface area (Å²) in [5.41, 5.74) is 0.717. The zero-order valence-electron chi connectivity index (χ0n) is 13.5. The van der Waals surface area contributed by atoms with Gasteiger partial charge < -0.3 is 9.73 Å². The molecular weight excluding hydrogens is 260 g/mol. The predicted molar refractivity (Wildman–Crippen MR) is 86.1 cm³/mol. The van der Waals surface area contributed by atoms with Gasteiger partial charge in [0.15, 0.2) is 0 Å². The van der Waals surface area contributed by atoms with Crippen molar-refractivity contribution in [3.63, 3.8) is 0 Å². The zero-order valence-corrected chi connectivity index (χ0v) is 13.5. The normalized spacial score (nSPS) is 22.1. The molecule has 0 atom stereocenters. The summed E-state index contributed by atoms with van der Waals surface area (Å²) < 4.78 is 5.95. The number of nitrogens with zero attached hydrogens (tertiary/aromatic N) is 1. The number of hydrogen-bond donors (Lipinski definition) is 1. The van der Waals surface area contributed by atoms with E-state index in [0.29, 0.717) is 0 Å². The van der Waals surface area contributed by atoms with Crippen LogP contribution in [0, 0.1) is 5.41 Å². The molecule has 1 aliphatic heterocycles. The van der Waals surface area contributed by atoms with E-state index in [0.717, 1.165) is 36.6 Å². The maximum Gasteiger partial charge on any atom is 0.118 e. The van der Waals surface area contributed by atoms with Crippen LogP contribution in [0.15, 0.2) is 16.5 Å². The molecule has 0 amide bonds. The summed E-state index contributed by atoms with van der Waals surface area (Å²) in [6.45, 7) is 7.60. The lowest BCUT2D eigenvalue weighted by atomic mass is 9.77. The lowest BCUT2D eigenvalue weighted by Gasteiger charge is -2.39. The maximum absolute atomic E-state index is 5.95. The van der Waals surface area contributed by atoms with Gasteiger partial charge in [-0.1, -0.05) is 19.8 Å². The average molecular weight is 290 g/mol. The first-order valence-electron chi connectivity index (χ1n) is 8.80. The molecule has 1 saturated carbocycles. The van der Waals surface area contributed by atoms with Crippen molar-refractivity contribution in [2.24, 2.45) is 5.41 Å². The molecule has 2 heterocycles. The Morgan fingerprint density at radius 2 is 1.81 bits per heavy atom. The molecule has 3 rings (SSSR count). The predicted octanol–water partition coefficient (Wildman–Crippen LogP) is 3.94. The molecule has 1 aromatic heterocycles. The maximum atomic E-state index is 5.95. The van der Waals surface area contributed by atoms with Crippen LogP contribution in [0.5, 0.6) is 0 Å². The van der Waals surface area contributed by atoms with Gasteiger partial charge in [-0.15, -0.1) is 0 Å². The Morgan fingerprint density at radius 1 is 1.10 bits per heavy atom. The van der Waals surface area contributed by atoms with Crippen LogP contribution in [-0.2, 0) is 13.1 Å². The molecule has 118 valence electrons. The van der Waals surface area contributed by atoms with Gasteiger partial charge in [0.1, 0.15) is 11.5 Å². The highest BCUT2D eigenvalue weighted by Gasteiger charge is 2.36. The fourth-order valence-corrected chi connectivity index (χ4v) is 4.02. The van der Waals surface area contributed by atoms with E-state index in [1.807, 2.05) is 0 Å². The molecule has 1 aromatic rings. The van der Waals surface area contributed by atoms with E-state index in [-0.39, 0.29) is 0 Å². The summed E-state index contributed by atoms with van der Waals surface area (Å²) in [7, 11) is 0. The van der Waals surface area contributed by atoms with E-state index in [9.17, 15) is 0 Å². The van der Waals surface area contributed by atoms with Gasteiger partial charge in [0.25, 0.3) is 0 Å². The Hall–Kier alpha value is -0.800. The van der Waals surface area contributed by atoms with E-state index >= 15 is 0 Å². The summed E-state index contributed by atoms with van der Waals surface area (Å²) in [5.74, 6) is 2.20. The van der Waals surface area contributed by atoms with Gasteiger partial charge in [0.05, 0.1) is 13.1 Å². The minimum Gasteiger partial charge on any atom is -0.463 e. The van der Waals surface area contributed by atoms with Gasteiger partial charge in [0.2, 0.25) is 0 Å². The van der Waals surface area contributed by atoms with Crippen LogP contribution in [-0.4, -0.2) is 24.5 Å². The lowest BCUT2D eigenvalue weighted by Crippen LogP contribution is -2.38. The van der Waals surface area contributed by atoms with Crippen LogP contribution in [0.2, 0.25) is 0 Å².